The summed E-state index contributed by atoms with van der Waals surface area (Å²) in [6.07, 6.45) is 3.04. The molecule has 3 atom stereocenters. The van der Waals surface area contributed by atoms with E-state index in [1.165, 1.54) is 0 Å². The van der Waals surface area contributed by atoms with Gasteiger partial charge in [-0.25, -0.2) is 0 Å². The van der Waals surface area contributed by atoms with Crippen LogP contribution in [0.3, 0.4) is 0 Å². The summed E-state index contributed by atoms with van der Waals surface area (Å²) in [6.45, 7) is 8.18. The number of carbonyl (C=O) groups excluding carboxylic acids is 1. The summed E-state index contributed by atoms with van der Waals surface area (Å²) < 4.78 is 0. The maximum Gasteiger partial charge on any atom is 0.237 e. The second-order valence-electron chi connectivity index (χ2n) is 4.11. The molecule has 0 aliphatic carbocycles. The third-order valence-electron chi connectivity index (χ3n) is 2.67. The minimum atomic E-state index is -0.362. The first-order valence-corrected chi connectivity index (χ1v) is 5.58. The Labute approximate surface area is 87.4 Å². The van der Waals surface area contributed by atoms with Crippen molar-refractivity contribution in [3.8, 4) is 0 Å². The van der Waals surface area contributed by atoms with Crippen molar-refractivity contribution in [3.63, 3.8) is 0 Å². The Balaban J connectivity index is 3.94. The van der Waals surface area contributed by atoms with Crippen LogP contribution >= 0.6 is 0 Å². The van der Waals surface area contributed by atoms with E-state index in [-0.39, 0.29) is 23.9 Å². The summed E-state index contributed by atoms with van der Waals surface area (Å²) in [4.78, 5) is 11.6. The lowest BCUT2D eigenvalue weighted by Crippen LogP contribution is -2.47. The van der Waals surface area contributed by atoms with Gasteiger partial charge in [-0.1, -0.05) is 33.6 Å². The van der Waals surface area contributed by atoms with E-state index in [0.29, 0.717) is 0 Å². The van der Waals surface area contributed by atoms with E-state index in [2.05, 4.69) is 12.2 Å². The van der Waals surface area contributed by atoms with Gasteiger partial charge in [-0.15, -0.1) is 0 Å². The molecule has 3 nitrogen and oxygen atoms in total. The lowest BCUT2D eigenvalue weighted by molar-refractivity contribution is -0.124. The molecule has 84 valence electrons. The van der Waals surface area contributed by atoms with Crippen molar-refractivity contribution >= 4 is 5.91 Å². The fourth-order valence-corrected chi connectivity index (χ4v) is 1.36. The van der Waals surface area contributed by atoms with Gasteiger partial charge in [0.15, 0.2) is 0 Å². The molecule has 14 heavy (non-hydrogen) atoms. The van der Waals surface area contributed by atoms with Gasteiger partial charge in [0.1, 0.15) is 0 Å². The lowest BCUT2D eigenvalue weighted by atomic mass is 9.99. The second-order valence-corrected chi connectivity index (χ2v) is 4.11. The Morgan fingerprint density at radius 2 is 1.93 bits per heavy atom. The normalized spacial score (nSPS) is 17.2. The van der Waals surface area contributed by atoms with Crippen molar-refractivity contribution in [2.75, 3.05) is 0 Å². The fraction of sp³-hybridized carbons (Fsp3) is 0.909. The lowest BCUT2D eigenvalue weighted by Gasteiger charge is -2.20. The molecule has 0 spiro atoms. The second kappa shape index (κ2) is 6.82. The van der Waals surface area contributed by atoms with Gasteiger partial charge >= 0.3 is 0 Å². The van der Waals surface area contributed by atoms with Crippen molar-refractivity contribution in [3.05, 3.63) is 0 Å². The van der Waals surface area contributed by atoms with Crippen molar-refractivity contribution in [2.45, 2.75) is 59.0 Å². The van der Waals surface area contributed by atoms with Crippen LogP contribution in [0.1, 0.15) is 47.0 Å². The Morgan fingerprint density at radius 1 is 1.36 bits per heavy atom. The van der Waals surface area contributed by atoms with Gasteiger partial charge in [0.2, 0.25) is 5.91 Å². The first kappa shape index (κ1) is 13.4. The van der Waals surface area contributed by atoms with E-state index in [0.717, 1.165) is 19.3 Å². The molecule has 0 aromatic heterocycles. The summed E-state index contributed by atoms with van der Waals surface area (Å²) in [5.41, 5.74) is 5.80. The van der Waals surface area contributed by atoms with E-state index in [1.54, 1.807) is 0 Å². The van der Waals surface area contributed by atoms with E-state index in [1.807, 2.05) is 20.8 Å². The van der Waals surface area contributed by atoms with Crippen LogP contribution < -0.4 is 11.1 Å². The number of hydrogen-bond donors (Lipinski definition) is 2. The SMILES string of the molecule is CCCC(C)NC(=O)[C@@H](N)C(C)CC. The minimum Gasteiger partial charge on any atom is -0.352 e. The molecule has 3 heteroatoms. The third-order valence-corrected chi connectivity index (χ3v) is 2.67. The van der Waals surface area contributed by atoms with E-state index < -0.39 is 0 Å². The number of nitrogens with one attached hydrogen (secondary N) is 1. The molecule has 1 amide bonds. The molecule has 0 aliphatic rings. The standard InChI is InChI=1S/C11H24N2O/c1-5-7-9(4)13-11(14)10(12)8(3)6-2/h8-10H,5-7,12H2,1-4H3,(H,13,14)/t8?,9?,10-/m0/s1. The number of nitrogens with two attached hydrogens (primary N) is 1. The molecule has 0 bridgehead atoms. The van der Waals surface area contributed by atoms with Crippen LogP contribution in [0.25, 0.3) is 0 Å². The Morgan fingerprint density at radius 3 is 2.36 bits per heavy atom. The van der Waals surface area contributed by atoms with E-state index in [9.17, 15) is 4.79 Å². The smallest absolute Gasteiger partial charge is 0.237 e. The molecule has 0 aromatic rings. The quantitative estimate of drug-likeness (QED) is 0.685. The van der Waals surface area contributed by atoms with Crippen LogP contribution in [-0.2, 0) is 4.79 Å². The predicted molar refractivity (Wildman–Crippen MR) is 59.9 cm³/mol. The topological polar surface area (TPSA) is 55.1 Å². The fourth-order valence-electron chi connectivity index (χ4n) is 1.36. The van der Waals surface area contributed by atoms with Crippen molar-refractivity contribution < 1.29 is 4.79 Å². The number of carbonyl (C=O) groups is 1. The molecule has 0 aliphatic heterocycles. The average Bonchev–Trinajstić information content (AvgIpc) is 2.15. The summed E-state index contributed by atoms with van der Waals surface area (Å²) in [7, 11) is 0. The van der Waals surface area contributed by atoms with Gasteiger partial charge in [-0.05, 0) is 19.3 Å². The number of hydrogen-bond acceptors (Lipinski definition) is 2. The highest BCUT2D eigenvalue weighted by Gasteiger charge is 2.20. The predicted octanol–water partition coefficient (Wildman–Crippen LogP) is 1.66. The van der Waals surface area contributed by atoms with Crippen LogP contribution in [0, 0.1) is 5.92 Å². The largest absolute Gasteiger partial charge is 0.352 e. The van der Waals surface area contributed by atoms with Crippen molar-refractivity contribution in [1.29, 1.82) is 0 Å². The zero-order chi connectivity index (χ0) is 11.1. The molecule has 0 fully saturated rings. The first-order chi connectivity index (χ1) is 6.52. The maximum atomic E-state index is 11.6. The first-order valence-electron chi connectivity index (χ1n) is 5.58. The molecule has 2 unspecified atom stereocenters. The summed E-state index contributed by atoms with van der Waals surface area (Å²) in [5.74, 6) is 0.240. The highest BCUT2D eigenvalue weighted by molar-refractivity contribution is 5.81. The highest BCUT2D eigenvalue weighted by Crippen LogP contribution is 2.06. The van der Waals surface area contributed by atoms with Gasteiger partial charge in [0.25, 0.3) is 0 Å². The third kappa shape index (κ3) is 4.61. The Kier molecular flexibility index (Phi) is 6.54. The molecule has 0 heterocycles. The van der Waals surface area contributed by atoms with Crippen molar-refractivity contribution in [2.24, 2.45) is 11.7 Å². The Hall–Kier alpha value is -0.570. The van der Waals surface area contributed by atoms with Crippen LogP contribution in [0.2, 0.25) is 0 Å². The van der Waals surface area contributed by atoms with Crippen LogP contribution in [-0.4, -0.2) is 18.0 Å². The summed E-state index contributed by atoms with van der Waals surface area (Å²) in [5, 5.41) is 2.93. The molecular formula is C11H24N2O. The van der Waals surface area contributed by atoms with Crippen LogP contribution in [0.15, 0.2) is 0 Å². The molecule has 0 saturated heterocycles. The van der Waals surface area contributed by atoms with Crippen LogP contribution in [0.4, 0.5) is 0 Å². The van der Waals surface area contributed by atoms with E-state index in [4.69, 9.17) is 5.73 Å². The summed E-state index contributed by atoms with van der Waals surface area (Å²) in [6, 6.07) is -0.123. The van der Waals surface area contributed by atoms with Crippen LogP contribution in [0.5, 0.6) is 0 Å². The Bertz CT molecular complexity index is 171. The summed E-state index contributed by atoms with van der Waals surface area (Å²) >= 11 is 0. The molecule has 0 rings (SSSR count). The molecule has 3 N–H and O–H groups in total. The maximum absolute atomic E-state index is 11.6. The molecule has 0 aromatic carbocycles. The van der Waals surface area contributed by atoms with Gasteiger partial charge in [0.05, 0.1) is 6.04 Å². The zero-order valence-electron chi connectivity index (χ0n) is 9.84. The highest BCUT2D eigenvalue weighted by atomic mass is 16.2. The van der Waals surface area contributed by atoms with Crippen molar-refractivity contribution in [1.82, 2.24) is 5.32 Å². The van der Waals surface area contributed by atoms with E-state index >= 15 is 0 Å². The van der Waals surface area contributed by atoms with Gasteiger partial charge in [-0.3, -0.25) is 4.79 Å². The van der Waals surface area contributed by atoms with Gasteiger partial charge in [-0.2, -0.15) is 0 Å². The zero-order valence-corrected chi connectivity index (χ0v) is 9.84. The molecular weight excluding hydrogens is 176 g/mol. The number of rotatable bonds is 6. The average molecular weight is 200 g/mol. The van der Waals surface area contributed by atoms with Gasteiger partial charge in [0, 0.05) is 6.04 Å². The number of amides is 1. The monoisotopic (exact) mass is 200 g/mol. The van der Waals surface area contributed by atoms with Gasteiger partial charge < -0.3 is 11.1 Å². The molecule has 0 radical (unpaired) electrons. The minimum absolute atomic E-state index is 0.0136. The molecule has 0 saturated carbocycles.